The van der Waals surface area contributed by atoms with Gasteiger partial charge >= 0.3 is 24.2 Å². The lowest BCUT2D eigenvalue weighted by molar-refractivity contribution is -0.148. The van der Waals surface area contributed by atoms with Crippen LogP contribution in [-0.4, -0.2) is 213 Å². The van der Waals surface area contributed by atoms with E-state index in [0.717, 1.165) is 4.90 Å². The minimum Gasteiger partial charge on any atom is -0.453 e. The molecule has 0 bridgehead atoms. The van der Waals surface area contributed by atoms with Gasteiger partial charge in [-0.15, -0.1) is 0 Å². The quantitative estimate of drug-likeness (QED) is 0.0181. The average molecular weight is 1260 g/mol. The number of nitrogens with one attached hydrogen (secondary N) is 4. The van der Waals surface area contributed by atoms with Gasteiger partial charge in [-0.3, -0.25) is 38.6 Å². The lowest BCUT2D eigenvalue weighted by Gasteiger charge is -2.37. The number of likely N-dealkylation sites (N-methyl/N-ethyl adjacent to an activating group) is 1. The first-order valence-electron chi connectivity index (χ1n) is 31.0. The first-order valence-corrected chi connectivity index (χ1v) is 31.0. The third-order valence-electron chi connectivity index (χ3n) is 16.4. The normalized spacial score (nSPS) is 24.1. The van der Waals surface area contributed by atoms with Crippen LogP contribution in [0.1, 0.15) is 119 Å². The predicted octanol–water partition coefficient (Wildman–Crippen LogP) is 3.88. The molecule has 4 unspecified atom stereocenters. The van der Waals surface area contributed by atoms with E-state index >= 15 is 0 Å². The van der Waals surface area contributed by atoms with Crippen LogP contribution in [-0.2, 0) is 43.0 Å². The SMILES string of the molecule is C=C1/C=C/[C@H](OC(=O)N2CCN(CCN(C)C(=O)Oc3ccc(NC(=O)C(CCCNC(N)=O)NC(=O)[C@@H](NC(=O)CCCCCN4C(=O)C=CC4=O)C(C)C)cc3)CC2)[C@](C)(O)CCC(O)CC(=O)O[C@@H]1/C(C)=C/C=C/[C@](C)(O)CC1OC1[C@H](C)[C@@H](O)CC. The van der Waals surface area contributed by atoms with Crippen molar-refractivity contribution >= 4 is 59.4 Å². The number of aliphatic hydroxyl groups is 4. The molecule has 0 aromatic heterocycles. The minimum absolute atomic E-state index is 0.00440. The number of carbonyl (C=O) groups excluding carboxylic acids is 9. The summed E-state index contributed by atoms with van der Waals surface area (Å²) in [5.41, 5.74) is 3.44. The number of carbonyl (C=O) groups is 9. The molecule has 4 aliphatic heterocycles. The summed E-state index contributed by atoms with van der Waals surface area (Å²) in [7, 11) is 1.57. The number of epoxide rings is 1. The summed E-state index contributed by atoms with van der Waals surface area (Å²) in [6.07, 6.45) is 7.25. The van der Waals surface area contributed by atoms with Crippen LogP contribution < -0.4 is 31.7 Å². The van der Waals surface area contributed by atoms with Crippen LogP contribution in [0.25, 0.3) is 0 Å². The Morgan fingerprint density at radius 2 is 1.63 bits per heavy atom. The fourth-order valence-corrected chi connectivity index (χ4v) is 10.5. The second-order valence-electron chi connectivity index (χ2n) is 24.6. The van der Waals surface area contributed by atoms with Crippen LogP contribution in [0.5, 0.6) is 5.75 Å². The third kappa shape index (κ3) is 23.7. The summed E-state index contributed by atoms with van der Waals surface area (Å²) >= 11 is 0. The molecule has 90 heavy (non-hydrogen) atoms. The summed E-state index contributed by atoms with van der Waals surface area (Å²) < 4.78 is 23.1. The molecule has 1 aromatic rings. The Balaban J connectivity index is 1.09. The number of ether oxygens (including phenoxy) is 4. The van der Waals surface area contributed by atoms with Crippen LogP contribution in [0, 0.1) is 11.8 Å². The number of amides is 9. The van der Waals surface area contributed by atoms with E-state index in [4.69, 9.17) is 24.7 Å². The number of aliphatic hydroxyl groups excluding tert-OH is 2. The summed E-state index contributed by atoms with van der Waals surface area (Å²) in [5, 5.41) is 54.6. The van der Waals surface area contributed by atoms with Gasteiger partial charge < -0.3 is 76.2 Å². The number of benzene rings is 1. The van der Waals surface area contributed by atoms with E-state index in [9.17, 15) is 63.6 Å². The van der Waals surface area contributed by atoms with Crippen molar-refractivity contribution in [2.75, 3.05) is 64.7 Å². The van der Waals surface area contributed by atoms with E-state index in [-0.39, 0.29) is 119 Å². The summed E-state index contributed by atoms with van der Waals surface area (Å²) in [4.78, 5) is 121. The lowest BCUT2D eigenvalue weighted by Crippen LogP contribution is -2.54. The van der Waals surface area contributed by atoms with Gasteiger partial charge in [0, 0.05) is 96.0 Å². The molecule has 0 aliphatic carbocycles. The molecule has 0 saturated carbocycles. The number of primary amides is 1. The highest BCUT2D eigenvalue weighted by atomic mass is 16.6. The van der Waals surface area contributed by atoms with Crippen molar-refractivity contribution in [2.24, 2.45) is 17.6 Å². The smallest absolute Gasteiger partial charge is 0.415 e. The number of hydrogen-bond donors (Lipinski definition) is 9. The molecular formula is C64H95N9O17. The van der Waals surface area contributed by atoms with E-state index < -0.39 is 83.7 Å². The molecule has 26 heteroatoms. The van der Waals surface area contributed by atoms with Crippen molar-refractivity contribution in [3.05, 3.63) is 84.5 Å². The molecule has 2 saturated heterocycles. The number of cyclic esters (lactones) is 1. The highest BCUT2D eigenvalue weighted by molar-refractivity contribution is 6.12. The fourth-order valence-electron chi connectivity index (χ4n) is 10.5. The number of imide groups is 1. The molecular weight excluding hydrogens is 1170 g/mol. The molecule has 0 radical (unpaired) electrons. The van der Waals surface area contributed by atoms with E-state index in [1.54, 1.807) is 53.0 Å². The summed E-state index contributed by atoms with van der Waals surface area (Å²) in [5.74, 6) is -3.26. The number of urea groups is 1. The molecule has 5 rings (SSSR count). The summed E-state index contributed by atoms with van der Waals surface area (Å²) in [6, 6.07) is 3.15. The van der Waals surface area contributed by atoms with Crippen molar-refractivity contribution in [2.45, 2.75) is 179 Å². The van der Waals surface area contributed by atoms with Gasteiger partial charge in [0.2, 0.25) is 17.7 Å². The standard InChI is InChI=1S/C64H95N9O17/c1-10-48(75)43(6)57-49(88-57)39-63(7,85)28-14-16-41(4)56-42(5)19-24-50(64(8,86)29-27-45(74)38-54(79)90-56)89-62(84)72-36-34-71(35-37-72)33-32-70(9)61(83)87-46-22-20-44(21-23-46)67-58(80)47(17-15-30-66-60(65)82)68-59(81)55(40(2)3)69-51(76)18-12-11-13-31-73-52(77)25-26-53(73)78/h14,16,19-26,28,40,43,45,47-50,55-57,74-75,85-86H,5,10-13,15,17-18,27,29-39H2,1-4,6-9H3,(H,67,80)(H,68,81)(H,69,76)(H3,65,66,82)/b24-19+,28-14+,41-16+/t43-,45?,47?,48+,49?,50+,55+,56-,57?,63+,64-/m1/s1. The van der Waals surface area contributed by atoms with Crippen molar-refractivity contribution in [3.63, 3.8) is 0 Å². The third-order valence-corrected chi connectivity index (χ3v) is 16.4. The Morgan fingerprint density at radius 3 is 2.28 bits per heavy atom. The van der Waals surface area contributed by atoms with E-state index in [2.05, 4.69) is 32.7 Å². The van der Waals surface area contributed by atoms with Crippen LogP contribution >= 0.6 is 0 Å². The zero-order chi connectivity index (χ0) is 66.5. The number of nitrogens with zero attached hydrogens (tertiary/aromatic N) is 4. The molecule has 1 aromatic carbocycles. The molecule has 498 valence electrons. The van der Waals surface area contributed by atoms with Crippen molar-refractivity contribution in [1.82, 2.24) is 35.6 Å². The molecule has 4 aliphatic rings. The van der Waals surface area contributed by atoms with Gasteiger partial charge in [-0.1, -0.05) is 65.0 Å². The minimum atomic E-state index is -1.67. The zero-order valence-corrected chi connectivity index (χ0v) is 53.2. The van der Waals surface area contributed by atoms with Crippen molar-refractivity contribution in [3.8, 4) is 5.75 Å². The highest BCUT2D eigenvalue weighted by Gasteiger charge is 2.47. The monoisotopic (exact) mass is 1260 g/mol. The van der Waals surface area contributed by atoms with E-state index in [1.165, 1.54) is 65.3 Å². The second kappa shape index (κ2) is 34.6. The predicted molar refractivity (Wildman–Crippen MR) is 333 cm³/mol. The van der Waals surface area contributed by atoms with E-state index in [0.29, 0.717) is 68.6 Å². The van der Waals surface area contributed by atoms with Crippen LogP contribution in [0.15, 0.2) is 84.5 Å². The largest absolute Gasteiger partial charge is 0.453 e. The van der Waals surface area contributed by atoms with Gasteiger partial charge in [-0.25, -0.2) is 14.4 Å². The molecule has 26 nitrogen and oxygen atoms in total. The average Bonchev–Trinajstić information content (AvgIpc) is 1.66. The number of allylic oxidation sites excluding steroid dienone is 2. The fraction of sp³-hybridized carbons (Fsp3) is 0.609. The molecule has 9 amide bonds. The van der Waals surface area contributed by atoms with Crippen LogP contribution in [0.2, 0.25) is 0 Å². The first kappa shape index (κ1) is 73.2. The number of nitrogens with two attached hydrogens (primary N) is 1. The Bertz CT molecular complexity index is 2770. The number of anilines is 1. The maximum atomic E-state index is 13.7. The summed E-state index contributed by atoms with van der Waals surface area (Å²) in [6.45, 7) is 18.8. The molecule has 2 fully saturated rings. The topological polar surface area (TPSA) is 362 Å². The molecule has 11 atom stereocenters. The maximum Gasteiger partial charge on any atom is 0.415 e. The number of piperazine rings is 1. The molecule has 10 N–H and O–H groups in total. The van der Waals surface area contributed by atoms with Crippen LogP contribution in [0.4, 0.5) is 20.1 Å². The molecule has 0 spiro atoms. The van der Waals surface area contributed by atoms with Gasteiger partial charge in [-0.2, -0.15) is 0 Å². The Labute approximate surface area is 527 Å². The van der Waals surface area contributed by atoms with Gasteiger partial charge in [0.25, 0.3) is 11.8 Å². The van der Waals surface area contributed by atoms with Gasteiger partial charge in [-0.05, 0) is 113 Å². The Hall–Kier alpha value is -7.49. The number of rotatable bonds is 29. The van der Waals surface area contributed by atoms with Crippen molar-refractivity contribution < 1.29 is 82.5 Å². The van der Waals surface area contributed by atoms with Gasteiger partial charge in [0.15, 0.2) is 6.10 Å². The second-order valence-corrected chi connectivity index (χ2v) is 24.6. The van der Waals surface area contributed by atoms with Crippen LogP contribution in [0.3, 0.4) is 0 Å². The van der Waals surface area contributed by atoms with Gasteiger partial charge in [0.1, 0.15) is 29.5 Å². The van der Waals surface area contributed by atoms with Gasteiger partial charge in [0.05, 0.1) is 36.4 Å². The Morgan fingerprint density at radius 1 is 0.956 bits per heavy atom. The highest BCUT2D eigenvalue weighted by Crippen LogP contribution is 2.38. The first-order chi connectivity index (χ1) is 42.5. The van der Waals surface area contributed by atoms with Crippen molar-refractivity contribution in [1.29, 1.82) is 0 Å². The maximum absolute atomic E-state index is 13.7. The number of hydrogen-bond acceptors (Lipinski definition) is 18. The number of unbranched alkanes of at least 4 members (excludes halogenated alkanes) is 2. The Kier molecular flexibility index (Phi) is 28.2. The number of esters is 1. The molecule has 4 heterocycles. The zero-order valence-electron chi connectivity index (χ0n) is 53.2. The van der Waals surface area contributed by atoms with E-state index in [1.807, 2.05) is 13.8 Å². The lowest BCUT2D eigenvalue weighted by atomic mass is 9.89.